The average Bonchev–Trinajstić information content (AvgIpc) is 2.27. The maximum Gasteiger partial charge on any atom is 0.225 e. The van der Waals surface area contributed by atoms with Gasteiger partial charge in [-0.25, -0.2) is 0 Å². The maximum absolute atomic E-state index is 11.6. The highest BCUT2D eigenvalue weighted by Gasteiger charge is 2.38. The van der Waals surface area contributed by atoms with Gasteiger partial charge in [-0.05, 0) is 17.7 Å². The van der Waals surface area contributed by atoms with Crippen LogP contribution in [0.1, 0.15) is 17.4 Å². The summed E-state index contributed by atoms with van der Waals surface area (Å²) in [7, 11) is -1.22. The lowest BCUT2D eigenvalue weighted by molar-refractivity contribution is -0.131. The lowest BCUT2D eigenvalue weighted by Gasteiger charge is -2.48. The molecule has 1 aliphatic rings. The van der Waals surface area contributed by atoms with Gasteiger partial charge in [-0.2, -0.15) is 10.6 Å². The number of hydrogen-bond donors (Lipinski definition) is 2. The Labute approximate surface area is 107 Å². The summed E-state index contributed by atoms with van der Waals surface area (Å²) in [4.78, 5) is 13.0. The third kappa shape index (κ3) is 2.42. The van der Waals surface area contributed by atoms with Gasteiger partial charge in [-0.1, -0.05) is 23.7 Å². The molecule has 0 radical (unpaired) electrons. The van der Waals surface area contributed by atoms with E-state index in [4.69, 9.17) is 11.6 Å². The molecule has 0 spiro atoms. The largest absolute Gasteiger partial charge is 0.322 e. The molecule has 2 N–H and O–H groups in total. The minimum Gasteiger partial charge on any atom is -0.322 e. The van der Waals surface area contributed by atoms with Gasteiger partial charge in [-0.15, -0.1) is 0 Å². The molecule has 17 heavy (non-hydrogen) atoms. The van der Waals surface area contributed by atoms with Gasteiger partial charge in [0, 0.05) is 24.2 Å². The smallest absolute Gasteiger partial charge is 0.225 e. The van der Waals surface area contributed by atoms with Gasteiger partial charge in [0.15, 0.2) is 0 Å². The summed E-state index contributed by atoms with van der Waals surface area (Å²) in [5, 5.41) is -0.0870. The van der Waals surface area contributed by atoms with Crippen LogP contribution in [0.5, 0.6) is 0 Å². The van der Waals surface area contributed by atoms with Gasteiger partial charge < -0.3 is 4.90 Å². The third-order valence-electron chi connectivity index (χ3n) is 2.87. The van der Waals surface area contributed by atoms with Gasteiger partial charge in [0.2, 0.25) is 5.91 Å². The quantitative estimate of drug-likeness (QED) is 0.828. The van der Waals surface area contributed by atoms with Crippen molar-refractivity contribution in [2.24, 2.45) is 0 Å². The normalized spacial score (nSPS) is 25.8. The van der Waals surface area contributed by atoms with Gasteiger partial charge in [0.25, 0.3) is 0 Å². The average molecular weight is 276 g/mol. The van der Waals surface area contributed by atoms with Crippen molar-refractivity contribution in [2.75, 3.05) is 12.8 Å². The molecule has 0 aliphatic carbocycles. The van der Waals surface area contributed by atoms with E-state index in [-0.39, 0.29) is 18.1 Å². The van der Waals surface area contributed by atoms with E-state index < -0.39 is 16.0 Å². The van der Waals surface area contributed by atoms with Crippen molar-refractivity contribution in [3.8, 4) is 0 Å². The number of halogens is 1. The van der Waals surface area contributed by atoms with Gasteiger partial charge >= 0.3 is 0 Å². The van der Waals surface area contributed by atoms with Crippen LogP contribution in [0.15, 0.2) is 24.3 Å². The molecular weight excluding hydrogens is 262 g/mol. The molecule has 1 saturated heterocycles. The summed E-state index contributed by atoms with van der Waals surface area (Å²) in [6.07, 6.45) is 0.183. The van der Waals surface area contributed by atoms with E-state index in [1.165, 1.54) is 4.90 Å². The van der Waals surface area contributed by atoms with E-state index in [0.29, 0.717) is 10.6 Å². The van der Waals surface area contributed by atoms with Crippen LogP contribution in [0.25, 0.3) is 0 Å². The molecule has 0 aromatic heterocycles. The highest BCUT2D eigenvalue weighted by Crippen LogP contribution is 2.57. The van der Waals surface area contributed by atoms with Crippen molar-refractivity contribution in [3.63, 3.8) is 0 Å². The maximum atomic E-state index is 11.6. The molecule has 1 unspecified atom stereocenters. The predicted molar refractivity (Wildman–Crippen MR) is 69.3 cm³/mol. The minimum absolute atomic E-state index is 0.0730. The number of carbonyl (C=O) groups is 1. The predicted octanol–water partition coefficient (Wildman–Crippen LogP) is 2.95. The summed E-state index contributed by atoms with van der Waals surface area (Å²) in [6.45, 7) is 0. The first kappa shape index (κ1) is 12.7. The Morgan fingerprint density at radius 3 is 2.53 bits per heavy atom. The first-order valence-electron chi connectivity index (χ1n) is 5.18. The molecule has 0 saturated carbocycles. The Morgan fingerprint density at radius 2 is 1.94 bits per heavy atom. The van der Waals surface area contributed by atoms with E-state index in [1.54, 1.807) is 31.3 Å². The number of carbonyl (C=O) groups excluding carboxylic acids is 1. The second-order valence-electron chi connectivity index (χ2n) is 4.08. The first-order valence-corrected chi connectivity index (χ1v) is 7.33. The molecule has 1 aromatic rings. The minimum atomic E-state index is -2.81. The monoisotopic (exact) mass is 275 g/mol. The van der Waals surface area contributed by atoms with Crippen molar-refractivity contribution >= 4 is 28.1 Å². The molecule has 1 atom stereocenters. The topological polar surface area (TPSA) is 60.8 Å². The van der Waals surface area contributed by atoms with E-state index in [9.17, 15) is 13.9 Å². The molecule has 1 fully saturated rings. The lowest BCUT2D eigenvalue weighted by Crippen LogP contribution is -2.40. The van der Waals surface area contributed by atoms with E-state index in [2.05, 4.69) is 0 Å². The SMILES string of the molecule is CN1C(=O)CCS(O)(O)C1c1ccc(Cl)cc1. The number of hydrogen-bond acceptors (Lipinski definition) is 3. The van der Waals surface area contributed by atoms with Gasteiger partial charge in [-0.3, -0.25) is 13.9 Å². The summed E-state index contributed by atoms with van der Waals surface area (Å²) < 4.78 is 20.1. The molecule has 1 aromatic carbocycles. The van der Waals surface area contributed by atoms with E-state index in [0.717, 1.165) is 0 Å². The summed E-state index contributed by atoms with van der Waals surface area (Å²) in [6, 6.07) is 6.80. The molecular formula is C11H14ClNO3S. The fraction of sp³-hybridized carbons (Fsp3) is 0.364. The Kier molecular flexibility index (Phi) is 3.36. The second-order valence-corrected chi connectivity index (χ2v) is 6.81. The lowest BCUT2D eigenvalue weighted by atomic mass is 10.2. The fourth-order valence-electron chi connectivity index (χ4n) is 1.98. The number of amides is 1. The molecule has 1 heterocycles. The Hall–Kier alpha value is -0.750. The van der Waals surface area contributed by atoms with Gasteiger partial charge in [0.1, 0.15) is 5.37 Å². The van der Waals surface area contributed by atoms with Crippen LogP contribution in [0, 0.1) is 0 Å². The third-order valence-corrected chi connectivity index (χ3v) is 5.23. The molecule has 1 amide bonds. The zero-order valence-electron chi connectivity index (χ0n) is 9.34. The number of rotatable bonds is 1. The highest BCUT2D eigenvalue weighted by atomic mass is 35.5. The van der Waals surface area contributed by atoms with Crippen molar-refractivity contribution in [1.82, 2.24) is 4.90 Å². The molecule has 94 valence electrons. The standard InChI is InChI=1S/C11H14ClNO3S/c1-13-10(14)6-7-17(15,16)11(13)8-2-4-9(12)5-3-8/h2-5,11,15-16H,6-7H2,1H3. The van der Waals surface area contributed by atoms with Crippen LogP contribution in [0.4, 0.5) is 0 Å². The van der Waals surface area contributed by atoms with Crippen molar-refractivity contribution < 1.29 is 13.9 Å². The molecule has 0 bridgehead atoms. The summed E-state index contributed by atoms with van der Waals surface area (Å²) in [5.41, 5.74) is 0.699. The zero-order chi connectivity index (χ0) is 12.6. The van der Waals surface area contributed by atoms with Crippen LogP contribution >= 0.6 is 22.2 Å². The summed E-state index contributed by atoms with van der Waals surface area (Å²) >= 11 is 5.79. The van der Waals surface area contributed by atoms with Crippen LogP contribution in [-0.2, 0) is 4.79 Å². The molecule has 4 nitrogen and oxygen atoms in total. The van der Waals surface area contributed by atoms with Crippen LogP contribution in [-0.4, -0.2) is 32.7 Å². The van der Waals surface area contributed by atoms with E-state index in [1.807, 2.05) is 0 Å². The fourth-order valence-corrected chi connectivity index (χ4v) is 4.02. The van der Waals surface area contributed by atoms with Gasteiger partial charge in [0.05, 0.1) is 0 Å². The summed E-state index contributed by atoms with van der Waals surface area (Å²) in [5.74, 6) is 0.0555. The first-order chi connectivity index (χ1) is 7.92. The van der Waals surface area contributed by atoms with Crippen LogP contribution in [0.3, 0.4) is 0 Å². The van der Waals surface area contributed by atoms with Crippen molar-refractivity contribution in [2.45, 2.75) is 11.8 Å². The Bertz CT molecular complexity index is 435. The van der Waals surface area contributed by atoms with Crippen LogP contribution in [0.2, 0.25) is 5.02 Å². The Balaban J connectivity index is 2.38. The molecule has 2 rings (SSSR count). The van der Waals surface area contributed by atoms with Crippen LogP contribution < -0.4 is 0 Å². The highest BCUT2D eigenvalue weighted by molar-refractivity contribution is 8.24. The molecule has 6 heteroatoms. The van der Waals surface area contributed by atoms with E-state index >= 15 is 0 Å². The Morgan fingerprint density at radius 1 is 1.35 bits per heavy atom. The number of nitrogens with zero attached hydrogens (tertiary/aromatic N) is 1. The second kappa shape index (κ2) is 4.49. The van der Waals surface area contributed by atoms with Crippen molar-refractivity contribution in [1.29, 1.82) is 0 Å². The zero-order valence-corrected chi connectivity index (χ0v) is 10.9. The van der Waals surface area contributed by atoms with Crippen molar-refractivity contribution in [3.05, 3.63) is 34.9 Å². The number of benzene rings is 1. The molecule has 1 aliphatic heterocycles.